The van der Waals surface area contributed by atoms with Crippen LogP contribution >= 0.6 is 0 Å². The van der Waals surface area contributed by atoms with E-state index in [2.05, 4.69) is 43.0 Å². The predicted molar refractivity (Wildman–Crippen MR) is 84.1 cm³/mol. The minimum atomic E-state index is 0.382. The number of hydrogen-bond acceptors (Lipinski definition) is 3. The first-order chi connectivity index (χ1) is 9.66. The summed E-state index contributed by atoms with van der Waals surface area (Å²) in [5.74, 6) is 0.900. The molecule has 0 amide bonds. The first-order valence-electron chi connectivity index (χ1n) is 7.37. The maximum Gasteiger partial charge on any atom is 0.119 e. The topological polar surface area (TPSA) is 24.5 Å². The third-order valence-corrected chi connectivity index (χ3v) is 4.31. The minimum absolute atomic E-state index is 0.382. The van der Waals surface area contributed by atoms with Crippen molar-refractivity contribution in [3.63, 3.8) is 0 Å². The van der Waals surface area contributed by atoms with Gasteiger partial charge in [0.05, 0.1) is 0 Å². The first kappa shape index (κ1) is 15.1. The molecule has 1 N–H and O–H groups in total. The fourth-order valence-corrected chi connectivity index (χ4v) is 2.67. The minimum Gasteiger partial charge on any atom is -0.490 e. The van der Waals surface area contributed by atoms with Gasteiger partial charge in [-0.05, 0) is 51.1 Å². The normalized spacial score (nSPS) is 16.8. The summed E-state index contributed by atoms with van der Waals surface area (Å²) < 4.78 is 5.48. The van der Waals surface area contributed by atoms with E-state index in [-0.39, 0.29) is 0 Å². The molecule has 0 radical (unpaired) electrons. The molecule has 1 aromatic carbocycles. The van der Waals surface area contributed by atoms with Crippen molar-refractivity contribution in [3.8, 4) is 5.75 Å². The van der Waals surface area contributed by atoms with Crippen molar-refractivity contribution in [1.29, 1.82) is 0 Å². The molecular formula is C17H26N2O. The van der Waals surface area contributed by atoms with Crippen LogP contribution in [0.5, 0.6) is 5.75 Å². The fourth-order valence-electron chi connectivity index (χ4n) is 2.67. The Hall–Kier alpha value is -1.32. The van der Waals surface area contributed by atoms with Crippen molar-refractivity contribution in [2.45, 2.75) is 31.3 Å². The molecule has 20 heavy (non-hydrogen) atoms. The molecule has 0 spiro atoms. The Morgan fingerprint density at radius 3 is 2.50 bits per heavy atom. The lowest BCUT2D eigenvalue weighted by molar-refractivity contribution is 0.0598. The summed E-state index contributed by atoms with van der Waals surface area (Å²) in [6.07, 6.45) is 5.73. The average molecular weight is 274 g/mol. The molecule has 1 aliphatic carbocycles. The van der Waals surface area contributed by atoms with Crippen LogP contribution in [0.2, 0.25) is 0 Å². The van der Waals surface area contributed by atoms with Crippen LogP contribution in [-0.4, -0.2) is 37.7 Å². The van der Waals surface area contributed by atoms with E-state index in [1.165, 1.54) is 24.8 Å². The maximum atomic E-state index is 5.48. The largest absolute Gasteiger partial charge is 0.490 e. The van der Waals surface area contributed by atoms with Crippen molar-refractivity contribution in [1.82, 2.24) is 10.2 Å². The summed E-state index contributed by atoms with van der Waals surface area (Å²) in [4.78, 5) is 2.37. The Morgan fingerprint density at radius 2 is 2.00 bits per heavy atom. The summed E-state index contributed by atoms with van der Waals surface area (Å²) in [5.41, 5.74) is 1.68. The quantitative estimate of drug-likeness (QED) is 0.738. The summed E-state index contributed by atoms with van der Waals surface area (Å²) in [5, 5.41) is 3.59. The number of ether oxygens (including phenoxy) is 1. The summed E-state index contributed by atoms with van der Waals surface area (Å²) in [6.45, 7) is 6.18. The van der Waals surface area contributed by atoms with Crippen molar-refractivity contribution in [2.75, 3.05) is 27.2 Å². The van der Waals surface area contributed by atoms with E-state index in [4.69, 9.17) is 4.74 Å². The molecular weight excluding hydrogens is 248 g/mol. The van der Waals surface area contributed by atoms with E-state index in [0.29, 0.717) is 12.1 Å². The molecule has 110 valence electrons. The van der Waals surface area contributed by atoms with E-state index in [1.807, 2.05) is 12.1 Å². The second kappa shape index (κ2) is 6.91. The standard InChI is InChI=1S/C17H26N2O/c1-4-12-20-16-8-6-15(7-9-16)13-18-14-17(19(2)3)10-5-11-17/h4,6-9,18H,1,5,10-14H2,2-3H3. The van der Waals surface area contributed by atoms with E-state index in [1.54, 1.807) is 6.08 Å². The molecule has 1 saturated carbocycles. The van der Waals surface area contributed by atoms with Crippen molar-refractivity contribution in [2.24, 2.45) is 0 Å². The molecule has 3 heteroatoms. The molecule has 0 atom stereocenters. The number of benzene rings is 1. The van der Waals surface area contributed by atoms with Crippen molar-refractivity contribution >= 4 is 0 Å². The van der Waals surface area contributed by atoms with Gasteiger partial charge in [-0.1, -0.05) is 24.8 Å². The van der Waals surface area contributed by atoms with E-state index >= 15 is 0 Å². The zero-order valence-corrected chi connectivity index (χ0v) is 12.7. The molecule has 1 fully saturated rings. The molecule has 0 heterocycles. The molecule has 1 aromatic rings. The van der Waals surface area contributed by atoms with Crippen LogP contribution in [0.1, 0.15) is 24.8 Å². The van der Waals surface area contributed by atoms with Gasteiger partial charge in [-0.3, -0.25) is 0 Å². The number of hydrogen-bond donors (Lipinski definition) is 1. The lowest BCUT2D eigenvalue weighted by Crippen LogP contribution is -2.56. The van der Waals surface area contributed by atoms with Crippen LogP contribution in [0, 0.1) is 0 Å². The number of likely N-dealkylation sites (N-methyl/N-ethyl adjacent to an activating group) is 1. The highest BCUT2D eigenvalue weighted by molar-refractivity contribution is 5.27. The summed E-state index contributed by atoms with van der Waals surface area (Å²) in [6, 6.07) is 8.28. The molecule has 0 aliphatic heterocycles. The Bertz CT molecular complexity index is 421. The highest BCUT2D eigenvalue weighted by Crippen LogP contribution is 2.35. The second-order valence-electron chi connectivity index (χ2n) is 5.82. The molecule has 0 aromatic heterocycles. The smallest absolute Gasteiger partial charge is 0.119 e. The van der Waals surface area contributed by atoms with Crippen LogP contribution in [0.15, 0.2) is 36.9 Å². The third kappa shape index (κ3) is 3.62. The number of rotatable bonds is 8. The van der Waals surface area contributed by atoms with Gasteiger partial charge in [0.15, 0.2) is 0 Å². The Morgan fingerprint density at radius 1 is 1.30 bits per heavy atom. The Balaban J connectivity index is 1.78. The lowest BCUT2D eigenvalue weighted by Gasteiger charge is -2.47. The molecule has 0 bridgehead atoms. The molecule has 2 rings (SSSR count). The van der Waals surface area contributed by atoms with Gasteiger partial charge in [0, 0.05) is 18.6 Å². The second-order valence-corrected chi connectivity index (χ2v) is 5.82. The SMILES string of the molecule is C=CCOc1ccc(CNCC2(N(C)C)CCC2)cc1. The van der Waals surface area contributed by atoms with E-state index in [9.17, 15) is 0 Å². The monoisotopic (exact) mass is 274 g/mol. The summed E-state index contributed by atoms with van der Waals surface area (Å²) in [7, 11) is 4.37. The van der Waals surface area contributed by atoms with Crippen LogP contribution in [0.3, 0.4) is 0 Å². The zero-order valence-electron chi connectivity index (χ0n) is 12.7. The highest BCUT2D eigenvalue weighted by atomic mass is 16.5. The molecule has 1 aliphatic rings. The Labute approximate surface area is 122 Å². The van der Waals surface area contributed by atoms with Crippen LogP contribution < -0.4 is 10.1 Å². The van der Waals surface area contributed by atoms with Gasteiger partial charge in [-0.25, -0.2) is 0 Å². The number of nitrogens with zero attached hydrogens (tertiary/aromatic N) is 1. The van der Waals surface area contributed by atoms with Gasteiger partial charge in [0.2, 0.25) is 0 Å². The molecule has 0 unspecified atom stereocenters. The van der Waals surface area contributed by atoms with Crippen LogP contribution in [0.4, 0.5) is 0 Å². The van der Waals surface area contributed by atoms with Gasteiger partial charge in [0.25, 0.3) is 0 Å². The van der Waals surface area contributed by atoms with Gasteiger partial charge in [-0.2, -0.15) is 0 Å². The van der Waals surface area contributed by atoms with Gasteiger partial charge < -0.3 is 15.0 Å². The van der Waals surface area contributed by atoms with Crippen molar-refractivity contribution in [3.05, 3.63) is 42.5 Å². The fraction of sp³-hybridized carbons (Fsp3) is 0.529. The lowest BCUT2D eigenvalue weighted by atomic mass is 9.75. The van der Waals surface area contributed by atoms with E-state index in [0.717, 1.165) is 18.8 Å². The zero-order chi connectivity index (χ0) is 14.4. The summed E-state index contributed by atoms with van der Waals surface area (Å²) >= 11 is 0. The van der Waals surface area contributed by atoms with Crippen molar-refractivity contribution < 1.29 is 4.74 Å². The van der Waals surface area contributed by atoms with Crippen LogP contribution in [-0.2, 0) is 6.54 Å². The molecule has 3 nitrogen and oxygen atoms in total. The van der Waals surface area contributed by atoms with Gasteiger partial charge in [-0.15, -0.1) is 0 Å². The number of nitrogens with one attached hydrogen (secondary N) is 1. The van der Waals surface area contributed by atoms with E-state index < -0.39 is 0 Å². The maximum absolute atomic E-state index is 5.48. The third-order valence-electron chi connectivity index (χ3n) is 4.31. The van der Waals surface area contributed by atoms with Gasteiger partial charge >= 0.3 is 0 Å². The predicted octanol–water partition coefficient (Wildman–Crippen LogP) is 2.83. The first-order valence-corrected chi connectivity index (χ1v) is 7.37. The Kier molecular flexibility index (Phi) is 5.21. The van der Waals surface area contributed by atoms with Crippen LogP contribution in [0.25, 0.3) is 0 Å². The van der Waals surface area contributed by atoms with Gasteiger partial charge in [0.1, 0.15) is 12.4 Å². The highest BCUT2D eigenvalue weighted by Gasteiger charge is 2.38. The molecule has 0 saturated heterocycles. The average Bonchev–Trinajstić information content (AvgIpc) is 2.40.